The highest BCUT2D eigenvalue weighted by Crippen LogP contribution is 2.55. The van der Waals surface area contributed by atoms with Crippen molar-refractivity contribution in [2.24, 2.45) is 5.41 Å². The number of imidazole rings is 1. The number of fused-ring (bicyclic) bond motifs is 1. The van der Waals surface area contributed by atoms with Crippen LogP contribution in [0.2, 0.25) is 0 Å². The first-order valence-corrected chi connectivity index (χ1v) is 12.4. The van der Waals surface area contributed by atoms with E-state index in [1.807, 2.05) is 35.2 Å². The van der Waals surface area contributed by atoms with E-state index in [4.69, 9.17) is 9.51 Å². The van der Waals surface area contributed by atoms with Crippen molar-refractivity contribution in [2.45, 2.75) is 32.2 Å². The number of aromatic nitrogens is 4. The second kappa shape index (κ2) is 8.16. The van der Waals surface area contributed by atoms with Gasteiger partial charge in [-0.2, -0.15) is 4.98 Å². The third-order valence-electron chi connectivity index (χ3n) is 7.02. The molecule has 178 valence electrons. The molecule has 3 aromatic heterocycles. The van der Waals surface area contributed by atoms with Gasteiger partial charge < -0.3 is 14.0 Å². The molecule has 1 aromatic carbocycles. The van der Waals surface area contributed by atoms with Crippen molar-refractivity contribution in [3.05, 3.63) is 59.8 Å². The number of likely N-dealkylation sites (tertiary alicyclic amines) is 1. The van der Waals surface area contributed by atoms with Crippen LogP contribution in [0.25, 0.3) is 21.8 Å². The van der Waals surface area contributed by atoms with Crippen LogP contribution in [0.1, 0.15) is 40.8 Å². The van der Waals surface area contributed by atoms with Crippen LogP contribution >= 0.6 is 11.3 Å². The molecule has 0 atom stereocenters. The molecule has 2 fully saturated rings. The molecule has 4 aromatic rings. The van der Waals surface area contributed by atoms with Crippen LogP contribution in [-0.4, -0.2) is 49.5 Å². The molecular formula is C25H24N6O3S. The number of anilines is 1. The van der Waals surface area contributed by atoms with Gasteiger partial charge in [-0.15, -0.1) is 11.3 Å². The van der Waals surface area contributed by atoms with Gasteiger partial charge in [0.2, 0.25) is 11.9 Å². The number of carbonyl (C=O) groups excluding carboxylic acids is 2. The smallest absolute Gasteiger partial charge is 0.268 e. The van der Waals surface area contributed by atoms with Gasteiger partial charge in [0.25, 0.3) is 11.8 Å². The van der Waals surface area contributed by atoms with Gasteiger partial charge in [-0.25, -0.2) is 4.98 Å². The molecule has 1 saturated heterocycles. The Morgan fingerprint density at radius 1 is 1.23 bits per heavy atom. The summed E-state index contributed by atoms with van der Waals surface area (Å²) in [5.74, 6) is 1.26. The summed E-state index contributed by atoms with van der Waals surface area (Å²) < 4.78 is 7.37. The number of nitrogens with zero attached hydrogens (tertiary/aromatic N) is 5. The molecule has 1 N–H and O–H groups in total. The Kier molecular flexibility index (Phi) is 5.06. The number of benzene rings is 1. The molecule has 0 bridgehead atoms. The van der Waals surface area contributed by atoms with Gasteiger partial charge >= 0.3 is 0 Å². The SMILES string of the molecule is C=CC(=O)N1CCC2(CC(n3c(NC(=O)c4ccc(-c5nc(C)no5)s4)nc4ccccc43)C2)C1. The minimum atomic E-state index is -0.230. The molecule has 1 aliphatic carbocycles. The second-order valence-corrected chi connectivity index (χ2v) is 10.4. The summed E-state index contributed by atoms with van der Waals surface area (Å²) in [7, 11) is 0. The highest BCUT2D eigenvalue weighted by Gasteiger charge is 2.50. The minimum Gasteiger partial charge on any atom is -0.339 e. The third-order valence-corrected chi connectivity index (χ3v) is 8.09. The van der Waals surface area contributed by atoms with Gasteiger partial charge in [0.15, 0.2) is 5.82 Å². The lowest BCUT2D eigenvalue weighted by Crippen LogP contribution is -2.42. The molecule has 4 heterocycles. The largest absolute Gasteiger partial charge is 0.339 e. The van der Waals surface area contributed by atoms with Crippen LogP contribution in [-0.2, 0) is 4.79 Å². The summed E-state index contributed by atoms with van der Waals surface area (Å²) >= 11 is 1.30. The van der Waals surface area contributed by atoms with Crippen molar-refractivity contribution in [3.8, 4) is 10.8 Å². The molecular weight excluding hydrogens is 464 g/mol. The van der Waals surface area contributed by atoms with Crippen LogP contribution in [0, 0.1) is 12.3 Å². The molecule has 35 heavy (non-hydrogen) atoms. The second-order valence-electron chi connectivity index (χ2n) is 9.33. The Bertz CT molecular complexity index is 1460. The minimum absolute atomic E-state index is 0.00244. The van der Waals surface area contributed by atoms with Crippen LogP contribution < -0.4 is 5.32 Å². The van der Waals surface area contributed by atoms with Crippen molar-refractivity contribution < 1.29 is 14.1 Å². The molecule has 2 aliphatic rings. The van der Waals surface area contributed by atoms with E-state index in [1.165, 1.54) is 17.4 Å². The predicted molar refractivity (Wildman–Crippen MR) is 132 cm³/mol. The fourth-order valence-corrected chi connectivity index (χ4v) is 6.17. The number of hydrogen-bond donors (Lipinski definition) is 1. The molecule has 0 radical (unpaired) electrons. The Morgan fingerprint density at radius 2 is 2.06 bits per heavy atom. The molecule has 0 unspecified atom stereocenters. The van der Waals surface area contributed by atoms with Gasteiger partial charge in [0.1, 0.15) is 0 Å². The summed E-state index contributed by atoms with van der Waals surface area (Å²) in [5, 5.41) is 6.84. The zero-order valence-electron chi connectivity index (χ0n) is 19.2. The lowest BCUT2D eigenvalue weighted by Gasteiger charge is -2.46. The fourth-order valence-electron chi connectivity index (χ4n) is 5.35. The zero-order chi connectivity index (χ0) is 24.2. The molecule has 2 amide bonds. The number of amides is 2. The summed E-state index contributed by atoms with van der Waals surface area (Å²) in [5.41, 5.74) is 1.96. The maximum absolute atomic E-state index is 13.1. The van der Waals surface area contributed by atoms with E-state index in [-0.39, 0.29) is 23.3 Å². The van der Waals surface area contributed by atoms with Crippen molar-refractivity contribution in [1.29, 1.82) is 0 Å². The normalized spacial score (nSPS) is 21.4. The van der Waals surface area contributed by atoms with E-state index in [2.05, 4.69) is 26.6 Å². The van der Waals surface area contributed by atoms with Crippen molar-refractivity contribution in [1.82, 2.24) is 24.6 Å². The number of aryl methyl sites for hydroxylation is 1. The first-order chi connectivity index (χ1) is 16.9. The average molecular weight is 489 g/mol. The number of nitrogens with one attached hydrogen (secondary N) is 1. The van der Waals surface area contributed by atoms with E-state index in [0.717, 1.165) is 48.3 Å². The third kappa shape index (κ3) is 3.74. The number of para-hydroxylation sites is 2. The predicted octanol–water partition coefficient (Wildman–Crippen LogP) is 4.45. The summed E-state index contributed by atoms with van der Waals surface area (Å²) in [6.45, 7) is 6.90. The van der Waals surface area contributed by atoms with E-state index in [0.29, 0.717) is 22.5 Å². The van der Waals surface area contributed by atoms with E-state index in [9.17, 15) is 9.59 Å². The van der Waals surface area contributed by atoms with E-state index < -0.39 is 0 Å². The van der Waals surface area contributed by atoms with E-state index in [1.54, 1.807) is 13.0 Å². The van der Waals surface area contributed by atoms with Crippen LogP contribution in [0.4, 0.5) is 5.95 Å². The quantitative estimate of drug-likeness (QED) is 0.416. The van der Waals surface area contributed by atoms with Gasteiger partial charge in [-0.3, -0.25) is 14.9 Å². The van der Waals surface area contributed by atoms with Crippen LogP contribution in [0.3, 0.4) is 0 Å². The van der Waals surface area contributed by atoms with E-state index >= 15 is 0 Å². The maximum atomic E-state index is 13.1. The van der Waals surface area contributed by atoms with Crippen molar-refractivity contribution in [2.75, 3.05) is 18.4 Å². The van der Waals surface area contributed by atoms with Gasteiger partial charge in [-0.05, 0) is 61.9 Å². The Hall–Kier alpha value is -3.79. The summed E-state index contributed by atoms with van der Waals surface area (Å²) in [4.78, 5) is 37.3. The zero-order valence-corrected chi connectivity index (χ0v) is 20.0. The standard InChI is InChI=1S/C25H24N6O3S/c1-3-21(32)30-11-10-25(14-30)12-16(13-25)31-18-7-5-4-6-17(18)27-24(31)28-22(33)19-8-9-20(35-19)23-26-15(2)29-34-23/h3-9,16H,1,10-14H2,2H3,(H,27,28,33). The monoisotopic (exact) mass is 488 g/mol. The van der Waals surface area contributed by atoms with Crippen LogP contribution in [0.5, 0.6) is 0 Å². The first-order valence-electron chi connectivity index (χ1n) is 11.5. The maximum Gasteiger partial charge on any atom is 0.268 e. The number of hydrogen-bond acceptors (Lipinski definition) is 7. The number of carbonyl (C=O) groups is 2. The lowest BCUT2D eigenvalue weighted by atomic mass is 9.65. The van der Waals surface area contributed by atoms with Crippen molar-refractivity contribution >= 4 is 40.1 Å². The highest BCUT2D eigenvalue weighted by atomic mass is 32.1. The molecule has 1 aliphatic heterocycles. The van der Waals surface area contributed by atoms with Gasteiger partial charge in [0.05, 0.1) is 20.8 Å². The molecule has 10 heteroatoms. The molecule has 1 saturated carbocycles. The first kappa shape index (κ1) is 21.7. The summed E-state index contributed by atoms with van der Waals surface area (Å²) in [6.07, 6.45) is 4.26. The Morgan fingerprint density at radius 3 is 2.83 bits per heavy atom. The Balaban J connectivity index is 1.24. The molecule has 1 spiro atoms. The topological polar surface area (TPSA) is 106 Å². The van der Waals surface area contributed by atoms with Crippen molar-refractivity contribution in [3.63, 3.8) is 0 Å². The molecule has 9 nitrogen and oxygen atoms in total. The van der Waals surface area contributed by atoms with Gasteiger partial charge in [0, 0.05) is 19.1 Å². The number of rotatable bonds is 5. The average Bonchev–Trinajstić information content (AvgIpc) is 3.61. The molecule has 6 rings (SSSR count). The summed E-state index contributed by atoms with van der Waals surface area (Å²) in [6, 6.07) is 11.7. The fraction of sp³-hybridized carbons (Fsp3) is 0.320. The van der Waals surface area contributed by atoms with Crippen LogP contribution in [0.15, 0.2) is 53.6 Å². The lowest BCUT2D eigenvalue weighted by molar-refractivity contribution is -0.125. The van der Waals surface area contributed by atoms with Gasteiger partial charge in [-0.1, -0.05) is 23.9 Å². The number of thiophene rings is 1. The highest BCUT2D eigenvalue weighted by molar-refractivity contribution is 7.17. The Labute approximate surface area is 205 Å².